The number of carbonyl (C=O) groups is 1. The van der Waals surface area contributed by atoms with E-state index in [1.807, 2.05) is 0 Å². The van der Waals surface area contributed by atoms with Crippen molar-refractivity contribution in [2.45, 2.75) is 18.4 Å². The minimum absolute atomic E-state index is 0.0314. The van der Waals surface area contributed by atoms with Crippen LogP contribution in [-0.4, -0.2) is 39.3 Å². The fourth-order valence-electron chi connectivity index (χ4n) is 1.60. The van der Waals surface area contributed by atoms with Crippen LogP contribution in [0.3, 0.4) is 0 Å². The standard InChI is InChI=1S/C9H14N4O2/c1-13-8(11-6-12-13)4-7(14)9(10)2-3-15-5-9/h6H,2-5,10H2,1H3. The number of aromatic nitrogens is 3. The molecule has 1 aliphatic rings. The van der Waals surface area contributed by atoms with Gasteiger partial charge in [-0.05, 0) is 6.42 Å². The molecular formula is C9H14N4O2. The molecule has 1 aromatic rings. The third-order valence-corrected chi connectivity index (χ3v) is 2.73. The molecule has 1 saturated heterocycles. The summed E-state index contributed by atoms with van der Waals surface area (Å²) >= 11 is 0. The Balaban J connectivity index is 2.07. The number of Topliss-reactive ketones (excluding diaryl/α,β-unsaturated/α-hetero) is 1. The van der Waals surface area contributed by atoms with Gasteiger partial charge in [0.1, 0.15) is 17.7 Å². The molecule has 0 amide bonds. The number of aryl methyl sites for hydroxylation is 1. The van der Waals surface area contributed by atoms with E-state index < -0.39 is 5.54 Å². The van der Waals surface area contributed by atoms with Gasteiger partial charge in [-0.1, -0.05) is 0 Å². The third kappa shape index (κ3) is 1.91. The summed E-state index contributed by atoms with van der Waals surface area (Å²) in [6, 6.07) is 0. The summed E-state index contributed by atoms with van der Waals surface area (Å²) in [5.74, 6) is 0.604. The molecule has 15 heavy (non-hydrogen) atoms. The van der Waals surface area contributed by atoms with Gasteiger partial charge in [0.05, 0.1) is 13.0 Å². The second kappa shape index (κ2) is 3.71. The molecule has 82 valence electrons. The van der Waals surface area contributed by atoms with E-state index in [1.54, 1.807) is 11.7 Å². The molecule has 6 heteroatoms. The van der Waals surface area contributed by atoms with E-state index in [2.05, 4.69) is 10.1 Å². The molecule has 2 N–H and O–H groups in total. The van der Waals surface area contributed by atoms with Gasteiger partial charge in [-0.15, -0.1) is 0 Å². The molecule has 0 spiro atoms. The summed E-state index contributed by atoms with van der Waals surface area (Å²) in [6.07, 6.45) is 2.23. The Labute approximate surface area is 87.4 Å². The quantitative estimate of drug-likeness (QED) is 0.695. The zero-order chi connectivity index (χ0) is 10.9. The maximum absolute atomic E-state index is 11.9. The van der Waals surface area contributed by atoms with Crippen molar-refractivity contribution in [1.82, 2.24) is 14.8 Å². The number of carbonyl (C=O) groups excluding carboxylic acids is 1. The molecule has 1 fully saturated rings. The van der Waals surface area contributed by atoms with Gasteiger partial charge in [0.15, 0.2) is 5.78 Å². The maximum atomic E-state index is 11.9. The van der Waals surface area contributed by atoms with Gasteiger partial charge in [-0.3, -0.25) is 9.48 Å². The SMILES string of the molecule is Cn1ncnc1CC(=O)C1(N)CCOC1. The summed E-state index contributed by atoms with van der Waals surface area (Å²) in [5, 5.41) is 3.90. The van der Waals surface area contributed by atoms with Crippen LogP contribution in [0.4, 0.5) is 0 Å². The minimum Gasteiger partial charge on any atom is -0.379 e. The van der Waals surface area contributed by atoms with Crippen LogP contribution in [0.15, 0.2) is 6.33 Å². The van der Waals surface area contributed by atoms with Crippen molar-refractivity contribution in [2.75, 3.05) is 13.2 Å². The Morgan fingerprint density at radius 1 is 1.80 bits per heavy atom. The van der Waals surface area contributed by atoms with Crippen LogP contribution in [0.25, 0.3) is 0 Å². The van der Waals surface area contributed by atoms with E-state index in [0.29, 0.717) is 25.5 Å². The Kier molecular flexibility index (Phi) is 2.54. The topological polar surface area (TPSA) is 83.0 Å². The van der Waals surface area contributed by atoms with Gasteiger partial charge < -0.3 is 10.5 Å². The monoisotopic (exact) mass is 210 g/mol. The van der Waals surface area contributed by atoms with E-state index in [1.165, 1.54) is 6.33 Å². The predicted molar refractivity (Wildman–Crippen MR) is 52.1 cm³/mol. The molecule has 1 atom stereocenters. The highest BCUT2D eigenvalue weighted by molar-refractivity contribution is 5.89. The molecule has 0 aliphatic carbocycles. The molecule has 1 aromatic heterocycles. The van der Waals surface area contributed by atoms with Crippen molar-refractivity contribution >= 4 is 5.78 Å². The lowest BCUT2D eigenvalue weighted by atomic mass is 9.92. The summed E-state index contributed by atoms with van der Waals surface area (Å²) in [4.78, 5) is 15.9. The normalized spacial score (nSPS) is 25.7. The van der Waals surface area contributed by atoms with Crippen LogP contribution >= 0.6 is 0 Å². The predicted octanol–water partition coefficient (Wildman–Crippen LogP) is -0.955. The first-order valence-electron chi connectivity index (χ1n) is 4.85. The van der Waals surface area contributed by atoms with Crippen LogP contribution in [-0.2, 0) is 23.0 Å². The van der Waals surface area contributed by atoms with Gasteiger partial charge in [-0.2, -0.15) is 5.10 Å². The molecule has 0 bridgehead atoms. The summed E-state index contributed by atoms with van der Waals surface area (Å²) in [5.41, 5.74) is 5.11. The molecular weight excluding hydrogens is 196 g/mol. The lowest BCUT2D eigenvalue weighted by Gasteiger charge is -2.19. The molecule has 2 rings (SSSR count). The molecule has 6 nitrogen and oxygen atoms in total. The maximum Gasteiger partial charge on any atom is 0.162 e. The number of nitrogens with two attached hydrogens (primary N) is 1. The number of ether oxygens (including phenoxy) is 1. The smallest absolute Gasteiger partial charge is 0.162 e. The number of ketones is 1. The first-order chi connectivity index (χ1) is 7.12. The summed E-state index contributed by atoms with van der Waals surface area (Å²) < 4.78 is 6.72. The Morgan fingerprint density at radius 2 is 2.60 bits per heavy atom. The average Bonchev–Trinajstić information content (AvgIpc) is 2.78. The van der Waals surface area contributed by atoms with Crippen LogP contribution in [0.2, 0.25) is 0 Å². The van der Waals surface area contributed by atoms with Crippen LogP contribution in [0.1, 0.15) is 12.2 Å². The summed E-state index contributed by atoms with van der Waals surface area (Å²) in [7, 11) is 1.75. The minimum atomic E-state index is -0.827. The number of hydrogen-bond acceptors (Lipinski definition) is 5. The largest absolute Gasteiger partial charge is 0.379 e. The van der Waals surface area contributed by atoms with Crippen LogP contribution in [0.5, 0.6) is 0 Å². The van der Waals surface area contributed by atoms with E-state index in [9.17, 15) is 4.79 Å². The fraction of sp³-hybridized carbons (Fsp3) is 0.667. The molecule has 1 aliphatic heterocycles. The highest BCUT2D eigenvalue weighted by atomic mass is 16.5. The number of rotatable bonds is 3. The van der Waals surface area contributed by atoms with E-state index in [0.717, 1.165) is 0 Å². The second-order valence-corrected chi connectivity index (χ2v) is 3.86. The molecule has 0 saturated carbocycles. The first-order valence-corrected chi connectivity index (χ1v) is 4.85. The van der Waals surface area contributed by atoms with E-state index >= 15 is 0 Å². The highest BCUT2D eigenvalue weighted by Gasteiger charge is 2.38. The third-order valence-electron chi connectivity index (χ3n) is 2.73. The van der Waals surface area contributed by atoms with Crippen molar-refractivity contribution < 1.29 is 9.53 Å². The Bertz CT molecular complexity index is 368. The Morgan fingerprint density at radius 3 is 3.13 bits per heavy atom. The molecule has 0 radical (unpaired) electrons. The number of nitrogens with zero attached hydrogens (tertiary/aromatic N) is 3. The first kappa shape index (κ1) is 10.3. The zero-order valence-electron chi connectivity index (χ0n) is 8.64. The zero-order valence-corrected chi connectivity index (χ0v) is 8.64. The van der Waals surface area contributed by atoms with Crippen LogP contribution < -0.4 is 5.73 Å². The summed E-state index contributed by atoms with van der Waals surface area (Å²) in [6.45, 7) is 0.866. The lowest BCUT2D eigenvalue weighted by Crippen LogP contribution is -2.49. The Hall–Kier alpha value is -1.27. The van der Waals surface area contributed by atoms with Gasteiger partial charge in [-0.25, -0.2) is 4.98 Å². The lowest BCUT2D eigenvalue weighted by molar-refractivity contribution is -0.123. The van der Waals surface area contributed by atoms with Crippen molar-refractivity contribution in [3.8, 4) is 0 Å². The second-order valence-electron chi connectivity index (χ2n) is 3.86. The van der Waals surface area contributed by atoms with Gasteiger partial charge in [0.25, 0.3) is 0 Å². The highest BCUT2D eigenvalue weighted by Crippen LogP contribution is 2.18. The van der Waals surface area contributed by atoms with Crippen LogP contribution in [0, 0.1) is 0 Å². The van der Waals surface area contributed by atoms with Gasteiger partial charge in [0, 0.05) is 13.7 Å². The van der Waals surface area contributed by atoms with E-state index in [4.69, 9.17) is 10.5 Å². The average molecular weight is 210 g/mol. The molecule has 1 unspecified atom stereocenters. The molecule has 2 heterocycles. The van der Waals surface area contributed by atoms with Crippen molar-refractivity contribution in [1.29, 1.82) is 0 Å². The van der Waals surface area contributed by atoms with Gasteiger partial charge >= 0.3 is 0 Å². The van der Waals surface area contributed by atoms with E-state index in [-0.39, 0.29) is 12.2 Å². The van der Waals surface area contributed by atoms with Crippen molar-refractivity contribution in [2.24, 2.45) is 12.8 Å². The van der Waals surface area contributed by atoms with Gasteiger partial charge in [0.2, 0.25) is 0 Å². The van der Waals surface area contributed by atoms with Crippen molar-refractivity contribution in [3.05, 3.63) is 12.2 Å². The number of hydrogen-bond donors (Lipinski definition) is 1. The fourth-order valence-corrected chi connectivity index (χ4v) is 1.60. The van der Waals surface area contributed by atoms with Crippen molar-refractivity contribution in [3.63, 3.8) is 0 Å². The molecule has 0 aromatic carbocycles.